The van der Waals surface area contributed by atoms with E-state index in [-0.39, 0.29) is 18.0 Å². The van der Waals surface area contributed by atoms with Crippen molar-refractivity contribution >= 4 is 11.8 Å². The summed E-state index contributed by atoms with van der Waals surface area (Å²) >= 11 is 0. The molecule has 0 spiro atoms. The van der Waals surface area contributed by atoms with Crippen molar-refractivity contribution in [2.24, 2.45) is 5.92 Å². The van der Waals surface area contributed by atoms with E-state index in [2.05, 4.69) is 27.5 Å². The third kappa shape index (κ3) is 5.59. The van der Waals surface area contributed by atoms with Gasteiger partial charge in [-0.05, 0) is 62.4 Å². The van der Waals surface area contributed by atoms with Gasteiger partial charge in [0.1, 0.15) is 11.5 Å². The first-order valence-electron chi connectivity index (χ1n) is 13.0. The largest absolute Gasteiger partial charge is 0.464 e. The number of anilines is 1. The summed E-state index contributed by atoms with van der Waals surface area (Å²) in [5.41, 5.74) is 3.47. The van der Waals surface area contributed by atoms with Crippen molar-refractivity contribution in [2.75, 3.05) is 11.9 Å². The molecule has 10 heteroatoms. The number of ether oxygens (including phenoxy) is 1. The van der Waals surface area contributed by atoms with E-state index >= 15 is 0 Å². The first-order valence-corrected chi connectivity index (χ1v) is 13.0. The molecule has 5 rings (SSSR count). The molecule has 39 heavy (non-hydrogen) atoms. The SMILES string of the molecule is CCOc1ncc(-c2nn(-c3ccccc3)c(NC(=O)N[C@@H]3CC(C)C[C@H]3c3ccc(F)c(F)c3)c2C)cn1. The maximum atomic E-state index is 14.0. The van der Waals surface area contributed by atoms with Gasteiger partial charge in [-0.15, -0.1) is 0 Å². The Labute approximate surface area is 225 Å². The van der Waals surface area contributed by atoms with Gasteiger partial charge in [0.05, 0.1) is 12.3 Å². The van der Waals surface area contributed by atoms with Gasteiger partial charge >= 0.3 is 12.0 Å². The minimum Gasteiger partial charge on any atom is -0.464 e. The van der Waals surface area contributed by atoms with Gasteiger partial charge in [-0.3, -0.25) is 5.32 Å². The first kappa shape index (κ1) is 26.3. The Morgan fingerprint density at radius 1 is 1.08 bits per heavy atom. The van der Waals surface area contributed by atoms with Crippen LogP contribution in [0.4, 0.5) is 19.4 Å². The van der Waals surface area contributed by atoms with Gasteiger partial charge in [0.15, 0.2) is 11.6 Å². The fraction of sp³-hybridized carbons (Fsp3) is 0.310. The third-order valence-electron chi connectivity index (χ3n) is 7.02. The van der Waals surface area contributed by atoms with Crippen LogP contribution in [0.25, 0.3) is 16.9 Å². The van der Waals surface area contributed by atoms with Crippen molar-refractivity contribution in [1.29, 1.82) is 0 Å². The molecule has 0 saturated heterocycles. The summed E-state index contributed by atoms with van der Waals surface area (Å²) in [4.78, 5) is 21.8. The van der Waals surface area contributed by atoms with E-state index in [1.165, 1.54) is 6.07 Å². The second-order valence-electron chi connectivity index (χ2n) is 9.82. The highest BCUT2D eigenvalue weighted by Crippen LogP contribution is 2.39. The van der Waals surface area contributed by atoms with E-state index in [1.807, 2.05) is 44.2 Å². The van der Waals surface area contributed by atoms with E-state index in [9.17, 15) is 13.6 Å². The normalized spacial score (nSPS) is 18.6. The molecular formula is C29H30F2N6O2. The lowest BCUT2D eigenvalue weighted by Gasteiger charge is -2.22. The molecular weight excluding hydrogens is 502 g/mol. The van der Waals surface area contributed by atoms with Crippen molar-refractivity contribution < 1.29 is 18.3 Å². The van der Waals surface area contributed by atoms with Gasteiger partial charge in [0.25, 0.3) is 0 Å². The molecule has 0 bridgehead atoms. The topological polar surface area (TPSA) is 94.0 Å². The first-order chi connectivity index (χ1) is 18.8. The van der Waals surface area contributed by atoms with Crippen molar-refractivity contribution in [3.05, 3.63) is 83.7 Å². The number of benzene rings is 2. The monoisotopic (exact) mass is 532 g/mol. The van der Waals surface area contributed by atoms with Gasteiger partial charge < -0.3 is 10.1 Å². The Bertz CT molecular complexity index is 1460. The standard InChI is InChI=1S/C29H30F2N6O2/c1-4-39-29-32-15-20(16-33-29)26-18(3)27(37(36-26)21-8-6-5-7-9-21)35-28(38)34-25-13-17(2)12-22(25)19-10-11-23(30)24(31)14-19/h5-11,14-17,22,25H,4,12-13H2,1-3H3,(H2,34,35,38)/t17?,22-,25+/m0/s1. The average molecular weight is 533 g/mol. The van der Waals surface area contributed by atoms with E-state index in [1.54, 1.807) is 23.1 Å². The predicted molar refractivity (Wildman–Crippen MR) is 144 cm³/mol. The number of hydrogen-bond acceptors (Lipinski definition) is 5. The Morgan fingerprint density at radius 2 is 1.82 bits per heavy atom. The number of halogens is 2. The fourth-order valence-corrected chi connectivity index (χ4v) is 5.19. The number of nitrogens with one attached hydrogen (secondary N) is 2. The van der Waals surface area contributed by atoms with Crippen LogP contribution in [0.5, 0.6) is 6.01 Å². The summed E-state index contributed by atoms with van der Waals surface area (Å²) in [6, 6.07) is 13.1. The molecule has 2 N–H and O–H groups in total. The lowest BCUT2D eigenvalue weighted by Crippen LogP contribution is -2.40. The van der Waals surface area contributed by atoms with Crippen LogP contribution < -0.4 is 15.4 Å². The number of para-hydroxylation sites is 1. The van der Waals surface area contributed by atoms with Gasteiger partial charge in [-0.25, -0.2) is 28.2 Å². The molecule has 202 valence electrons. The van der Waals surface area contributed by atoms with Gasteiger partial charge in [0.2, 0.25) is 0 Å². The molecule has 2 amide bonds. The molecule has 2 aromatic heterocycles. The molecule has 1 fully saturated rings. The number of carbonyl (C=O) groups is 1. The second kappa shape index (κ2) is 11.2. The van der Waals surface area contributed by atoms with E-state index in [0.717, 1.165) is 30.2 Å². The summed E-state index contributed by atoms with van der Waals surface area (Å²) in [6.07, 6.45) is 4.76. The Balaban J connectivity index is 1.42. The van der Waals surface area contributed by atoms with Gasteiger partial charge in [0, 0.05) is 35.5 Å². The van der Waals surface area contributed by atoms with Crippen LogP contribution in [0.2, 0.25) is 0 Å². The molecule has 1 aliphatic rings. The molecule has 8 nitrogen and oxygen atoms in total. The molecule has 1 saturated carbocycles. The Kier molecular flexibility index (Phi) is 7.53. The molecule has 0 radical (unpaired) electrons. The molecule has 1 aliphatic carbocycles. The van der Waals surface area contributed by atoms with Crippen LogP contribution >= 0.6 is 0 Å². The number of hydrogen-bond donors (Lipinski definition) is 2. The molecule has 4 aromatic rings. The van der Waals surface area contributed by atoms with Crippen LogP contribution in [0, 0.1) is 24.5 Å². The lowest BCUT2D eigenvalue weighted by molar-refractivity contribution is 0.247. The zero-order valence-corrected chi connectivity index (χ0v) is 22.0. The molecule has 2 aromatic carbocycles. The number of aromatic nitrogens is 4. The maximum absolute atomic E-state index is 14.0. The summed E-state index contributed by atoms with van der Waals surface area (Å²) in [5, 5.41) is 10.8. The highest BCUT2D eigenvalue weighted by molar-refractivity contribution is 5.91. The summed E-state index contributed by atoms with van der Waals surface area (Å²) in [5.74, 6) is -1.08. The van der Waals surface area contributed by atoms with Gasteiger partial charge in [-0.2, -0.15) is 5.10 Å². The average Bonchev–Trinajstić information content (AvgIpc) is 3.46. The molecule has 1 unspecified atom stereocenters. The van der Waals surface area contributed by atoms with Crippen LogP contribution in [0.3, 0.4) is 0 Å². The van der Waals surface area contributed by atoms with Crippen LogP contribution in [0.15, 0.2) is 60.9 Å². The Morgan fingerprint density at radius 3 is 2.51 bits per heavy atom. The lowest BCUT2D eigenvalue weighted by atomic mass is 9.93. The molecule has 2 heterocycles. The highest BCUT2D eigenvalue weighted by atomic mass is 19.2. The number of amides is 2. The van der Waals surface area contributed by atoms with Crippen LogP contribution in [-0.4, -0.2) is 38.4 Å². The zero-order valence-electron chi connectivity index (χ0n) is 22.0. The number of urea groups is 1. The fourth-order valence-electron chi connectivity index (χ4n) is 5.19. The van der Waals surface area contributed by atoms with Crippen LogP contribution in [-0.2, 0) is 0 Å². The maximum Gasteiger partial charge on any atom is 0.320 e. The number of carbonyl (C=O) groups excluding carboxylic acids is 1. The molecule has 0 aliphatic heterocycles. The quantitative estimate of drug-likeness (QED) is 0.304. The smallest absolute Gasteiger partial charge is 0.320 e. The van der Waals surface area contributed by atoms with Crippen molar-refractivity contribution in [1.82, 2.24) is 25.1 Å². The Hall–Kier alpha value is -4.34. The second-order valence-corrected chi connectivity index (χ2v) is 9.82. The van der Waals surface area contributed by atoms with E-state index in [4.69, 9.17) is 9.84 Å². The van der Waals surface area contributed by atoms with E-state index in [0.29, 0.717) is 35.2 Å². The number of rotatable bonds is 7. The predicted octanol–water partition coefficient (Wildman–Crippen LogP) is 6.02. The minimum atomic E-state index is -0.886. The highest BCUT2D eigenvalue weighted by Gasteiger charge is 2.35. The summed E-state index contributed by atoms with van der Waals surface area (Å²) in [6.45, 7) is 6.28. The summed E-state index contributed by atoms with van der Waals surface area (Å²) < 4.78 is 34.5. The zero-order chi connectivity index (χ0) is 27.5. The molecule has 3 atom stereocenters. The third-order valence-corrected chi connectivity index (χ3v) is 7.02. The van der Waals surface area contributed by atoms with E-state index < -0.39 is 17.7 Å². The number of nitrogens with zero attached hydrogens (tertiary/aromatic N) is 4. The van der Waals surface area contributed by atoms with Crippen molar-refractivity contribution in [2.45, 2.75) is 45.6 Å². The van der Waals surface area contributed by atoms with Crippen LogP contribution in [0.1, 0.15) is 43.7 Å². The van der Waals surface area contributed by atoms with Gasteiger partial charge in [-0.1, -0.05) is 31.2 Å². The van der Waals surface area contributed by atoms with Crippen molar-refractivity contribution in [3.63, 3.8) is 0 Å². The minimum absolute atomic E-state index is 0.127. The summed E-state index contributed by atoms with van der Waals surface area (Å²) in [7, 11) is 0. The van der Waals surface area contributed by atoms with Crippen molar-refractivity contribution in [3.8, 4) is 23.0 Å².